The molecule has 1 saturated heterocycles. The fraction of sp³-hybridized carbons (Fsp3) is 0.400. The molecule has 1 heterocycles. The fourth-order valence-electron chi connectivity index (χ4n) is 4.11. The second kappa shape index (κ2) is 2.63. The van der Waals surface area contributed by atoms with Crippen LogP contribution in [0.5, 0.6) is 0 Å². The molecule has 17 heavy (non-hydrogen) atoms. The van der Waals surface area contributed by atoms with Gasteiger partial charge < -0.3 is 4.74 Å². The van der Waals surface area contributed by atoms with E-state index in [1.807, 2.05) is 30.3 Å². The summed E-state index contributed by atoms with van der Waals surface area (Å²) in [5.74, 6) is 1.01. The number of carbonyl (C=O) groups is 1. The van der Waals surface area contributed by atoms with Crippen LogP contribution in [0.4, 0.5) is 0 Å². The number of carbonyl (C=O) groups excluding carboxylic acids is 1. The van der Waals surface area contributed by atoms with Crippen molar-refractivity contribution in [2.75, 3.05) is 6.61 Å². The van der Waals surface area contributed by atoms with Gasteiger partial charge >= 0.3 is 5.97 Å². The van der Waals surface area contributed by atoms with Crippen molar-refractivity contribution < 1.29 is 9.53 Å². The van der Waals surface area contributed by atoms with Gasteiger partial charge in [0, 0.05) is 5.41 Å². The number of benzene rings is 1. The first-order valence-electron chi connectivity index (χ1n) is 6.15. The Labute approximate surface area is 100 Å². The maximum Gasteiger partial charge on any atom is 0.321 e. The summed E-state index contributed by atoms with van der Waals surface area (Å²) in [6, 6.07) is 10.1. The molecule has 0 N–H and O–H groups in total. The van der Waals surface area contributed by atoms with Crippen molar-refractivity contribution >= 4 is 5.97 Å². The highest BCUT2D eigenvalue weighted by Crippen LogP contribution is 2.75. The smallest absolute Gasteiger partial charge is 0.321 e. The molecule has 2 unspecified atom stereocenters. The third-order valence-corrected chi connectivity index (χ3v) is 5.12. The van der Waals surface area contributed by atoms with E-state index in [0.29, 0.717) is 18.4 Å². The lowest BCUT2D eigenvalue weighted by Gasteiger charge is -2.27. The topological polar surface area (TPSA) is 26.3 Å². The van der Waals surface area contributed by atoms with Gasteiger partial charge in [-0.1, -0.05) is 49.4 Å². The quantitative estimate of drug-likeness (QED) is 0.542. The molecule has 0 bridgehead atoms. The van der Waals surface area contributed by atoms with Crippen LogP contribution >= 0.6 is 0 Å². The molecule has 0 aromatic heterocycles. The second-order valence-electron chi connectivity index (χ2n) is 5.46. The van der Waals surface area contributed by atoms with E-state index in [4.69, 9.17) is 4.74 Å². The number of cyclic esters (lactones) is 1. The zero-order valence-electron chi connectivity index (χ0n) is 9.72. The van der Waals surface area contributed by atoms with Gasteiger partial charge in [-0.25, -0.2) is 0 Å². The Morgan fingerprint density at radius 2 is 2.06 bits per heavy atom. The SMILES string of the molecule is C[C@H]1C2C=C[C@]3(c4ccccc4)C(=O)OCC213. The standard InChI is InChI=1S/C15H14O2/c1-10-12-7-8-14(11-5-3-2-4-6-11)13(16)17-9-15(10,12)14/h2-8,10,12H,9H2,1H3/t10-,12?,14-,15?/m0/s1. The fourth-order valence-corrected chi connectivity index (χ4v) is 4.11. The van der Waals surface area contributed by atoms with Crippen molar-refractivity contribution in [1.82, 2.24) is 0 Å². The Hall–Kier alpha value is -1.57. The van der Waals surface area contributed by atoms with E-state index in [1.165, 1.54) is 0 Å². The summed E-state index contributed by atoms with van der Waals surface area (Å²) in [5.41, 5.74) is 0.606. The van der Waals surface area contributed by atoms with Crippen LogP contribution in [0.3, 0.4) is 0 Å². The highest BCUT2D eigenvalue weighted by molar-refractivity contribution is 5.92. The van der Waals surface area contributed by atoms with Gasteiger partial charge in [0.2, 0.25) is 0 Å². The van der Waals surface area contributed by atoms with Crippen molar-refractivity contribution in [2.24, 2.45) is 17.3 Å². The molecule has 3 aliphatic rings. The predicted octanol–water partition coefficient (Wildman–Crippen LogP) is 2.30. The average Bonchev–Trinajstić information content (AvgIpc) is 2.72. The number of esters is 1. The first kappa shape index (κ1) is 9.46. The lowest BCUT2D eigenvalue weighted by molar-refractivity contribution is -0.141. The molecule has 86 valence electrons. The van der Waals surface area contributed by atoms with Gasteiger partial charge in [-0.05, 0) is 17.4 Å². The van der Waals surface area contributed by atoms with Crippen molar-refractivity contribution in [3.8, 4) is 0 Å². The second-order valence-corrected chi connectivity index (χ2v) is 5.46. The van der Waals surface area contributed by atoms with Gasteiger partial charge in [0.1, 0.15) is 5.41 Å². The molecule has 2 aliphatic carbocycles. The summed E-state index contributed by atoms with van der Waals surface area (Å²) in [7, 11) is 0. The van der Waals surface area contributed by atoms with Crippen LogP contribution in [0.25, 0.3) is 0 Å². The summed E-state index contributed by atoms with van der Waals surface area (Å²) in [4.78, 5) is 12.3. The van der Waals surface area contributed by atoms with E-state index in [0.717, 1.165) is 5.56 Å². The Morgan fingerprint density at radius 3 is 2.76 bits per heavy atom. The number of hydrogen-bond donors (Lipinski definition) is 0. The lowest BCUT2D eigenvalue weighted by atomic mass is 9.70. The minimum atomic E-state index is -0.502. The molecule has 2 heteroatoms. The first-order chi connectivity index (χ1) is 8.23. The van der Waals surface area contributed by atoms with Crippen LogP contribution in [0.15, 0.2) is 42.5 Å². The zero-order chi connectivity index (χ0) is 11.7. The molecule has 1 aliphatic heterocycles. The van der Waals surface area contributed by atoms with Crippen LogP contribution in [0.1, 0.15) is 12.5 Å². The number of rotatable bonds is 1. The molecule has 2 fully saturated rings. The molecular formula is C15H14O2. The molecule has 1 aromatic rings. The molecule has 4 rings (SSSR count). The van der Waals surface area contributed by atoms with Gasteiger partial charge in [0.25, 0.3) is 0 Å². The third-order valence-electron chi connectivity index (χ3n) is 5.12. The summed E-state index contributed by atoms with van der Waals surface area (Å²) >= 11 is 0. The Morgan fingerprint density at radius 1 is 1.29 bits per heavy atom. The first-order valence-corrected chi connectivity index (χ1v) is 6.15. The number of hydrogen-bond acceptors (Lipinski definition) is 2. The van der Waals surface area contributed by atoms with E-state index in [9.17, 15) is 4.79 Å². The highest BCUT2D eigenvalue weighted by Gasteiger charge is 2.80. The molecule has 1 aromatic carbocycles. The summed E-state index contributed by atoms with van der Waals surface area (Å²) < 4.78 is 5.40. The largest absolute Gasteiger partial charge is 0.464 e. The maximum atomic E-state index is 12.3. The molecule has 1 saturated carbocycles. The van der Waals surface area contributed by atoms with E-state index in [1.54, 1.807) is 0 Å². The van der Waals surface area contributed by atoms with E-state index < -0.39 is 5.41 Å². The summed E-state index contributed by atoms with van der Waals surface area (Å²) in [6.45, 7) is 2.81. The van der Waals surface area contributed by atoms with Crippen LogP contribution in [-0.2, 0) is 14.9 Å². The Balaban J connectivity index is 1.97. The molecule has 1 spiro atoms. The minimum absolute atomic E-state index is 0.0193. The summed E-state index contributed by atoms with van der Waals surface area (Å²) in [6.07, 6.45) is 4.31. The monoisotopic (exact) mass is 226 g/mol. The van der Waals surface area contributed by atoms with Crippen LogP contribution in [0, 0.1) is 17.3 Å². The van der Waals surface area contributed by atoms with Gasteiger partial charge in [0.15, 0.2) is 0 Å². The van der Waals surface area contributed by atoms with Crippen LogP contribution < -0.4 is 0 Å². The molecule has 0 radical (unpaired) electrons. The van der Waals surface area contributed by atoms with Crippen LogP contribution in [0.2, 0.25) is 0 Å². The molecule has 0 amide bonds. The average molecular weight is 226 g/mol. The lowest BCUT2D eigenvalue weighted by Crippen LogP contribution is -2.37. The number of allylic oxidation sites excluding steroid dienone is 1. The molecular weight excluding hydrogens is 212 g/mol. The van der Waals surface area contributed by atoms with Gasteiger partial charge in [-0.2, -0.15) is 0 Å². The van der Waals surface area contributed by atoms with Crippen molar-refractivity contribution in [2.45, 2.75) is 12.3 Å². The van der Waals surface area contributed by atoms with Crippen LogP contribution in [-0.4, -0.2) is 12.6 Å². The minimum Gasteiger partial charge on any atom is -0.464 e. The molecule has 4 atom stereocenters. The van der Waals surface area contributed by atoms with Gasteiger partial charge in [-0.3, -0.25) is 4.79 Å². The highest BCUT2D eigenvalue weighted by atomic mass is 16.5. The van der Waals surface area contributed by atoms with Crippen molar-refractivity contribution in [1.29, 1.82) is 0 Å². The van der Waals surface area contributed by atoms with Gasteiger partial charge in [0.05, 0.1) is 6.61 Å². The Bertz CT molecular complexity index is 533. The predicted molar refractivity (Wildman–Crippen MR) is 63.3 cm³/mol. The van der Waals surface area contributed by atoms with E-state index in [-0.39, 0.29) is 11.4 Å². The van der Waals surface area contributed by atoms with Crippen molar-refractivity contribution in [3.63, 3.8) is 0 Å². The molecule has 2 nitrogen and oxygen atoms in total. The van der Waals surface area contributed by atoms with E-state index >= 15 is 0 Å². The van der Waals surface area contributed by atoms with Gasteiger partial charge in [-0.15, -0.1) is 0 Å². The zero-order valence-corrected chi connectivity index (χ0v) is 9.72. The Kier molecular flexibility index (Phi) is 1.47. The van der Waals surface area contributed by atoms with Crippen molar-refractivity contribution in [3.05, 3.63) is 48.0 Å². The summed E-state index contributed by atoms with van der Waals surface area (Å²) in [5, 5.41) is 0. The normalized spacial score (nSPS) is 45.4. The van der Waals surface area contributed by atoms with E-state index in [2.05, 4.69) is 19.1 Å². The third kappa shape index (κ3) is 0.781. The maximum absolute atomic E-state index is 12.3. The number of ether oxygens (including phenoxy) is 1.